The lowest BCUT2D eigenvalue weighted by Gasteiger charge is -2.01. The zero-order chi connectivity index (χ0) is 11.7. The second-order valence-electron chi connectivity index (χ2n) is 3.06. The van der Waals surface area contributed by atoms with E-state index >= 15 is 0 Å². The number of aromatic nitrogens is 2. The first-order valence-electron chi connectivity index (χ1n) is 4.62. The number of halogens is 2. The van der Waals surface area contributed by atoms with E-state index in [1.165, 1.54) is 0 Å². The molecule has 0 radical (unpaired) electrons. The third kappa shape index (κ3) is 1.62. The second-order valence-corrected chi connectivity index (χ2v) is 3.06. The minimum atomic E-state index is -0.784. The van der Waals surface area contributed by atoms with E-state index in [0.29, 0.717) is 0 Å². The van der Waals surface area contributed by atoms with Crippen LogP contribution in [0.15, 0.2) is 18.5 Å². The maximum absolute atomic E-state index is 13.3. The smallest absolute Gasteiger partial charge is 0.374 e. The topological polar surface area (TPSA) is 43.6 Å². The van der Waals surface area contributed by atoms with Crippen molar-refractivity contribution >= 4 is 11.5 Å². The largest absolute Gasteiger partial charge is 0.460 e. The molecule has 0 bridgehead atoms. The highest BCUT2D eigenvalue weighted by Crippen LogP contribution is 2.14. The molecule has 0 aromatic carbocycles. The van der Waals surface area contributed by atoms with Crippen molar-refractivity contribution < 1.29 is 18.3 Å². The summed E-state index contributed by atoms with van der Waals surface area (Å²) < 4.78 is 32.0. The summed E-state index contributed by atoms with van der Waals surface area (Å²) in [4.78, 5) is 15.1. The van der Waals surface area contributed by atoms with E-state index in [-0.39, 0.29) is 17.9 Å². The summed E-state index contributed by atoms with van der Waals surface area (Å²) >= 11 is 0. The van der Waals surface area contributed by atoms with Gasteiger partial charge in [0.05, 0.1) is 12.8 Å². The van der Waals surface area contributed by atoms with Gasteiger partial charge < -0.3 is 4.74 Å². The van der Waals surface area contributed by atoms with Crippen LogP contribution in [0, 0.1) is 11.6 Å². The molecule has 0 aliphatic rings. The maximum Gasteiger partial charge on any atom is 0.374 e. The highest BCUT2D eigenvalue weighted by atomic mass is 19.1. The zero-order valence-corrected chi connectivity index (χ0v) is 8.41. The highest BCUT2D eigenvalue weighted by Gasteiger charge is 2.16. The summed E-state index contributed by atoms with van der Waals surface area (Å²) in [6.07, 6.45) is 2.14. The van der Waals surface area contributed by atoms with E-state index < -0.39 is 17.6 Å². The fraction of sp³-hybridized carbons (Fsp3) is 0.200. The molecule has 0 saturated carbocycles. The van der Waals surface area contributed by atoms with Gasteiger partial charge in [-0.25, -0.2) is 18.6 Å². The highest BCUT2D eigenvalue weighted by molar-refractivity contribution is 5.86. The molecule has 2 heterocycles. The fourth-order valence-corrected chi connectivity index (χ4v) is 1.37. The number of hydrogen-bond acceptors (Lipinski definition) is 3. The van der Waals surface area contributed by atoms with Gasteiger partial charge in [-0.1, -0.05) is 0 Å². The van der Waals surface area contributed by atoms with Crippen LogP contribution in [0.3, 0.4) is 0 Å². The molecule has 6 heteroatoms. The molecule has 2 aromatic heterocycles. The van der Waals surface area contributed by atoms with Gasteiger partial charge in [0.15, 0.2) is 5.82 Å². The minimum absolute atomic E-state index is 0.0319. The fourth-order valence-electron chi connectivity index (χ4n) is 1.37. The van der Waals surface area contributed by atoms with Gasteiger partial charge in [0.1, 0.15) is 11.3 Å². The molecule has 2 aromatic rings. The molecule has 0 aliphatic heterocycles. The summed E-state index contributed by atoms with van der Waals surface area (Å²) in [5, 5.41) is 0. The van der Waals surface area contributed by atoms with Gasteiger partial charge in [-0.2, -0.15) is 0 Å². The quantitative estimate of drug-likeness (QED) is 0.733. The molecule has 84 valence electrons. The molecule has 0 fully saturated rings. The lowest BCUT2D eigenvalue weighted by molar-refractivity contribution is 0.0511. The van der Waals surface area contributed by atoms with Crippen LogP contribution in [-0.2, 0) is 4.74 Å². The van der Waals surface area contributed by atoms with E-state index in [4.69, 9.17) is 4.74 Å². The SMILES string of the molecule is CCOC(=O)c1ncc2c(F)cc(F)cn12. The Morgan fingerprint density at radius 1 is 1.56 bits per heavy atom. The van der Waals surface area contributed by atoms with Crippen LogP contribution in [0.2, 0.25) is 0 Å². The number of pyridine rings is 1. The summed E-state index contributed by atoms with van der Waals surface area (Å²) in [5.41, 5.74) is 0.0319. The first-order chi connectivity index (χ1) is 7.63. The van der Waals surface area contributed by atoms with Crippen LogP contribution < -0.4 is 0 Å². The molecule has 0 saturated heterocycles. The molecule has 4 nitrogen and oxygen atoms in total. The lowest BCUT2D eigenvalue weighted by Crippen LogP contribution is -2.10. The van der Waals surface area contributed by atoms with Gasteiger partial charge in [-0.15, -0.1) is 0 Å². The Bertz CT molecular complexity index is 551. The third-order valence-electron chi connectivity index (χ3n) is 2.02. The Kier molecular flexibility index (Phi) is 2.55. The first kappa shape index (κ1) is 10.5. The normalized spacial score (nSPS) is 10.7. The number of carbonyl (C=O) groups is 1. The molecular weight excluding hydrogens is 218 g/mol. The standard InChI is InChI=1S/C10H8F2N2O2/c1-2-16-10(15)9-13-4-8-7(12)3-6(11)5-14(8)9/h3-5H,2H2,1H3. The molecular formula is C10H8F2N2O2. The molecule has 0 unspecified atom stereocenters. The number of rotatable bonds is 2. The number of esters is 1. The van der Waals surface area contributed by atoms with Crippen LogP contribution >= 0.6 is 0 Å². The Morgan fingerprint density at radius 3 is 3.00 bits per heavy atom. The summed E-state index contributed by atoms with van der Waals surface area (Å²) in [6.45, 7) is 1.81. The van der Waals surface area contributed by atoms with Crippen molar-refractivity contribution in [2.75, 3.05) is 6.61 Å². The predicted octanol–water partition coefficient (Wildman–Crippen LogP) is 1.79. The van der Waals surface area contributed by atoms with E-state index in [1.54, 1.807) is 6.92 Å². The van der Waals surface area contributed by atoms with E-state index in [0.717, 1.165) is 22.9 Å². The Balaban J connectivity index is 2.60. The van der Waals surface area contributed by atoms with Crippen molar-refractivity contribution in [2.24, 2.45) is 0 Å². The molecule has 16 heavy (non-hydrogen) atoms. The number of carbonyl (C=O) groups excluding carboxylic acids is 1. The van der Waals surface area contributed by atoms with Crippen molar-refractivity contribution in [3.8, 4) is 0 Å². The predicted molar refractivity (Wildman–Crippen MR) is 51.1 cm³/mol. The van der Waals surface area contributed by atoms with E-state index in [9.17, 15) is 13.6 Å². The third-order valence-corrected chi connectivity index (χ3v) is 2.02. The monoisotopic (exact) mass is 226 g/mol. The van der Waals surface area contributed by atoms with Crippen LogP contribution in [0.1, 0.15) is 17.5 Å². The second kappa shape index (κ2) is 3.88. The van der Waals surface area contributed by atoms with Gasteiger partial charge in [0, 0.05) is 12.3 Å². The van der Waals surface area contributed by atoms with E-state index in [1.807, 2.05) is 0 Å². The average Bonchev–Trinajstić information content (AvgIpc) is 2.61. The Labute approximate surface area is 89.5 Å². The van der Waals surface area contributed by atoms with Crippen molar-refractivity contribution in [3.63, 3.8) is 0 Å². The minimum Gasteiger partial charge on any atom is -0.460 e. The van der Waals surface area contributed by atoms with Crippen LogP contribution in [0.5, 0.6) is 0 Å². The van der Waals surface area contributed by atoms with Gasteiger partial charge >= 0.3 is 5.97 Å². The van der Waals surface area contributed by atoms with Gasteiger partial charge in [0.25, 0.3) is 0 Å². The number of nitrogens with zero attached hydrogens (tertiary/aromatic N) is 2. The number of imidazole rings is 1. The van der Waals surface area contributed by atoms with Crippen molar-refractivity contribution in [3.05, 3.63) is 35.9 Å². The molecule has 0 spiro atoms. The van der Waals surface area contributed by atoms with Crippen molar-refractivity contribution in [1.29, 1.82) is 0 Å². The number of ether oxygens (including phenoxy) is 1. The molecule has 0 N–H and O–H groups in total. The van der Waals surface area contributed by atoms with Crippen molar-refractivity contribution in [2.45, 2.75) is 6.92 Å². The molecule has 0 amide bonds. The van der Waals surface area contributed by atoms with E-state index in [2.05, 4.69) is 4.98 Å². The van der Waals surface area contributed by atoms with Gasteiger partial charge in [0.2, 0.25) is 5.82 Å². The number of fused-ring (bicyclic) bond motifs is 1. The summed E-state index contributed by atoms with van der Waals surface area (Å²) in [6, 6.07) is 0.728. The van der Waals surface area contributed by atoms with Gasteiger partial charge in [-0.3, -0.25) is 4.40 Å². The van der Waals surface area contributed by atoms with Gasteiger partial charge in [-0.05, 0) is 6.92 Å². The maximum atomic E-state index is 13.3. The number of hydrogen-bond donors (Lipinski definition) is 0. The average molecular weight is 226 g/mol. The Hall–Kier alpha value is -1.98. The van der Waals surface area contributed by atoms with Crippen LogP contribution in [0.25, 0.3) is 5.52 Å². The lowest BCUT2D eigenvalue weighted by atomic mass is 10.4. The molecule has 0 atom stereocenters. The first-order valence-corrected chi connectivity index (χ1v) is 4.62. The molecule has 2 rings (SSSR count). The van der Waals surface area contributed by atoms with Crippen molar-refractivity contribution in [1.82, 2.24) is 9.38 Å². The zero-order valence-electron chi connectivity index (χ0n) is 8.41. The van der Waals surface area contributed by atoms with Crippen LogP contribution in [0.4, 0.5) is 8.78 Å². The molecule has 0 aliphatic carbocycles. The Morgan fingerprint density at radius 2 is 2.31 bits per heavy atom. The summed E-state index contributed by atoms with van der Waals surface area (Å²) in [7, 11) is 0. The summed E-state index contributed by atoms with van der Waals surface area (Å²) in [5.74, 6) is -2.42. The van der Waals surface area contributed by atoms with Crippen LogP contribution in [-0.4, -0.2) is 22.0 Å².